The fourth-order valence-electron chi connectivity index (χ4n) is 0.909. The normalized spacial score (nSPS) is 12.5. The standard InChI is InChI=1S/C7H16N4/c1-2-5(7(10)11)3-4-6(8)9/h5H,2-4H2,1H3,(H3,8,9)(H3,10,11). The van der Waals surface area contributed by atoms with Crippen LogP contribution in [0.2, 0.25) is 0 Å². The molecule has 0 rings (SSSR count). The lowest BCUT2D eigenvalue weighted by Gasteiger charge is -2.11. The van der Waals surface area contributed by atoms with E-state index in [-0.39, 0.29) is 17.6 Å². The minimum atomic E-state index is 0.0962. The molecule has 1 atom stereocenters. The third-order valence-corrected chi connectivity index (χ3v) is 1.69. The zero-order valence-corrected chi connectivity index (χ0v) is 6.85. The Labute approximate surface area is 67.0 Å². The second-order valence-corrected chi connectivity index (χ2v) is 2.62. The van der Waals surface area contributed by atoms with Gasteiger partial charge < -0.3 is 11.5 Å². The molecular weight excluding hydrogens is 140 g/mol. The number of hydrogen-bond donors (Lipinski definition) is 4. The van der Waals surface area contributed by atoms with E-state index in [0.29, 0.717) is 6.42 Å². The van der Waals surface area contributed by atoms with Crippen molar-refractivity contribution >= 4 is 11.7 Å². The summed E-state index contributed by atoms with van der Waals surface area (Å²) >= 11 is 0. The summed E-state index contributed by atoms with van der Waals surface area (Å²) in [5.41, 5.74) is 10.5. The Morgan fingerprint density at radius 1 is 1.36 bits per heavy atom. The smallest absolute Gasteiger partial charge is 0.0936 e. The van der Waals surface area contributed by atoms with Crippen molar-refractivity contribution in [1.29, 1.82) is 10.8 Å². The molecule has 0 spiro atoms. The number of rotatable bonds is 5. The molecule has 0 aliphatic rings. The van der Waals surface area contributed by atoms with E-state index in [0.717, 1.165) is 12.8 Å². The van der Waals surface area contributed by atoms with Crippen molar-refractivity contribution in [3.63, 3.8) is 0 Å². The van der Waals surface area contributed by atoms with Gasteiger partial charge in [-0.25, -0.2) is 0 Å². The number of nitrogens with one attached hydrogen (secondary N) is 2. The molecule has 0 amide bonds. The maximum Gasteiger partial charge on any atom is 0.0936 e. The van der Waals surface area contributed by atoms with Gasteiger partial charge in [0.1, 0.15) is 0 Å². The highest BCUT2D eigenvalue weighted by Crippen LogP contribution is 2.09. The molecule has 64 valence electrons. The highest BCUT2D eigenvalue weighted by atomic mass is 14.7. The number of nitrogens with two attached hydrogens (primary N) is 2. The van der Waals surface area contributed by atoms with Crippen LogP contribution in [-0.4, -0.2) is 11.7 Å². The van der Waals surface area contributed by atoms with Crippen LogP contribution < -0.4 is 11.5 Å². The zero-order valence-electron chi connectivity index (χ0n) is 6.85. The van der Waals surface area contributed by atoms with Crippen molar-refractivity contribution in [2.45, 2.75) is 26.2 Å². The first-order chi connectivity index (χ1) is 5.07. The zero-order chi connectivity index (χ0) is 8.85. The lowest BCUT2D eigenvalue weighted by molar-refractivity contribution is 0.612. The van der Waals surface area contributed by atoms with Gasteiger partial charge in [0, 0.05) is 12.3 Å². The van der Waals surface area contributed by atoms with E-state index < -0.39 is 0 Å². The quantitative estimate of drug-likeness (QED) is 0.347. The minimum Gasteiger partial charge on any atom is -0.388 e. The molecule has 1 unspecified atom stereocenters. The lowest BCUT2D eigenvalue weighted by Crippen LogP contribution is -2.23. The van der Waals surface area contributed by atoms with Crippen LogP contribution in [0.3, 0.4) is 0 Å². The van der Waals surface area contributed by atoms with Gasteiger partial charge >= 0.3 is 0 Å². The van der Waals surface area contributed by atoms with Gasteiger partial charge in [-0.05, 0) is 12.8 Å². The van der Waals surface area contributed by atoms with Crippen LogP contribution in [0.25, 0.3) is 0 Å². The predicted octanol–water partition coefficient (Wildman–Crippen LogP) is 0.665. The van der Waals surface area contributed by atoms with Gasteiger partial charge in [-0.2, -0.15) is 0 Å². The second-order valence-electron chi connectivity index (χ2n) is 2.62. The summed E-state index contributed by atoms with van der Waals surface area (Å²) in [6.45, 7) is 1.98. The fourth-order valence-corrected chi connectivity index (χ4v) is 0.909. The molecule has 0 fully saturated rings. The topological polar surface area (TPSA) is 99.7 Å². The molecule has 6 N–H and O–H groups in total. The second kappa shape index (κ2) is 4.71. The largest absolute Gasteiger partial charge is 0.388 e. The monoisotopic (exact) mass is 156 g/mol. The van der Waals surface area contributed by atoms with Crippen LogP contribution in [0, 0.1) is 16.7 Å². The third kappa shape index (κ3) is 4.36. The summed E-state index contributed by atoms with van der Waals surface area (Å²) in [7, 11) is 0. The van der Waals surface area contributed by atoms with E-state index in [1.54, 1.807) is 0 Å². The van der Waals surface area contributed by atoms with Crippen LogP contribution in [-0.2, 0) is 0 Å². The van der Waals surface area contributed by atoms with Crippen molar-refractivity contribution in [1.82, 2.24) is 0 Å². The van der Waals surface area contributed by atoms with Crippen molar-refractivity contribution in [2.75, 3.05) is 0 Å². The molecule has 4 heteroatoms. The maximum atomic E-state index is 7.16. The molecule has 0 aromatic carbocycles. The van der Waals surface area contributed by atoms with Gasteiger partial charge in [0.05, 0.1) is 11.7 Å². The summed E-state index contributed by atoms with van der Waals surface area (Å²) in [6.07, 6.45) is 2.11. The van der Waals surface area contributed by atoms with Gasteiger partial charge in [0.25, 0.3) is 0 Å². The summed E-state index contributed by atoms with van der Waals surface area (Å²) in [5, 5.41) is 14.1. The van der Waals surface area contributed by atoms with Crippen molar-refractivity contribution < 1.29 is 0 Å². The van der Waals surface area contributed by atoms with Crippen LogP contribution in [0.15, 0.2) is 0 Å². The number of hydrogen-bond acceptors (Lipinski definition) is 2. The van der Waals surface area contributed by atoms with Gasteiger partial charge in [0.15, 0.2) is 0 Å². The van der Waals surface area contributed by atoms with Crippen LogP contribution >= 0.6 is 0 Å². The molecule has 4 nitrogen and oxygen atoms in total. The first-order valence-corrected chi connectivity index (χ1v) is 3.74. The highest BCUT2D eigenvalue weighted by molar-refractivity contribution is 5.81. The average molecular weight is 156 g/mol. The van der Waals surface area contributed by atoms with Crippen LogP contribution in [0.4, 0.5) is 0 Å². The Morgan fingerprint density at radius 3 is 2.18 bits per heavy atom. The Morgan fingerprint density at radius 2 is 1.91 bits per heavy atom. The van der Waals surface area contributed by atoms with E-state index in [4.69, 9.17) is 22.3 Å². The number of amidine groups is 2. The fraction of sp³-hybridized carbons (Fsp3) is 0.714. The average Bonchev–Trinajstić information content (AvgIpc) is 1.87. The summed E-state index contributed by atoms with van der Waals surface area (Å²) in [4.78, 5) is 0. The van der Waals surface area contributed by atoms with E-state index >= 15 is 0 Å². The highest BCUT2D eigenvalue weighted by Gasteiger charge is 2.08. The molecule has 0 heterocycles. The summed E-state index contributed by atoms with van der Waals surface area (Å²) in [6, 6.07) is 0. The summed E-state index contributed by atoms with van der Waals surface area (Å²) < 4.78 is 0. The Hall–Kier alpha value is -1.06. The Balaban J connectivity index is 3.70. The van der Waals surface area contributed by atoms with E-state index in [1.165, 1.54) is 0 Å². The molecule has 0 saturated heterocycles. The minimum absolute atomic E-state index is 0.0962. The van der Waals surface area contributed by atoms with Gasteiger partial charge in [-0.3, -0.25) is 10.8 Å². The molecule has 0 aliphatic carbocycles. The first-order valence-electron chi connectivity index (χ1n) is 3.74. The predicted molar refractivity (Wildman–Crippen MR) is 46.8 cm³/mol. The molecule has 0 aromatic rings. The van der Waals surface area contributed by atoms with Gasteiger partial charge in [-0.1, -0.05) is 6.92 Å². The van der Waals surface area contributed by atoms with Crippen molar-refractivity contribution in [2.24, 2.45) is 17.4 Å². The van der Waals surface area contributed by atoms with Crippen molar-refractivity contribution in [3.8, 4) is 0 Å². The maximum absolute atomic E-state index is 7.16. The van der Waals surface area contributed by atoms with Crippen LogP contribution in [0.1, 0.15) is 26.2 Å². The van der Waals surface area contributed by atoms with Crippen molar-refractivity contribution in [3.05, 3.63) is 0 Å². The molecule has 0 saturated carbocycles. The first kappa shape index (κ1) is 9.94. The molecule has 0 aliphatic heterocycles. The third-order valence-electron chi connectivity index (χ3n) is 1.69. The van der Waals surface area contributed by atoms with Crippen LogP contribution in [0.5, 0.6) is 0 Å². The molecule has 0 aromatic heterocycles. The van der Waals surface area contributed by atoms with E-state index in [9.17, 15) is 0 Å². The Bertz CT molecular complexity index is 153. The molecule has 0 radical (unpaired) electrons. The Kier molecular flexibility index (Phi) is 4.26. The van der Waals surface area contributed by atoms with E-state index in [2.05, 4.69) is 0 Å². The summed E-state index contributed by atoms with van der Waals surface area (Å²) in [5.74, 6) is 0.470. The molecular formula is C7H16N4. The SMILES string of the molecule is CCC(CCC(=N)N)C(=N)N. The van der Waals surface area contributed by atoms with Gasteiger partial charge in [0.2, 0.25) is 0 Å². The lowest BCUT2D eigenvalue weighted by atomic mass is 9.99. The van der Waals surface area contributed by atoms with E-state index in [1.807, 2.05) is 6.92 Å². The van der Waals surface area contributed by atoms with Gasteiger partial charge in [-0.15, -0.1) is 0 Å². The molecule has 0 bridgehead atoms. The molecule has 11 heavy (non-hydrogen) atoms.